The molecule has 6 rings (SSSR count). The number of carbonyl (C=O) groups is 1. The first-order valence-electron chi connectivity index (χ1n) is 14.1. The van der Waals surface area contributed by atoms with Crippen LogP contribution in [0.15, 0.2) is 60.9 Å². The number of fused-ring (bicyclic) bond motifs is 3. The Balaban J connectivity index is 1.33. The highest BCUT2D eigenvalue weighted by molar-refractivity contribution is 14.1. The number of carbonyl (C=O) groups excluding carboxylic acids is 1. The van der Waals surface area contributed by atoms with Crippen molar-refractivity contribution < 1.29 is 4.79 Å². The Hall–Kier alpha value is -2.33. The van der Waals surface area contributed by atoms with E-state index in [1.807, 2.05) is 36.7 Å². The third-order valence-corrected chi connectivity index (χ3v) is 10.1. The van der Waals surface area contributed by atoms with E-state index < -0.39 is 5.31 Å². The van der Waals surface area contributed by atoms with Gasteiger partial charge in [0.1, 0.15) is 22.6 Å². The van der Waals surface area contributed by atoms with Crippen molar-refractivity contribution in [3.8, 4) is 10.6 Å². The second-order valence-electron chi connectivity index (χ2n) is 11.3. The molecule has 1 aromatic carbocycles. The lowest BCUT2D eigenvalue weighted by Crippen LogP contribution is -2.43. The minimum Gasteiger partial charge on any atom is -0.326 e. The minimum absolute atomic E-state index is 0.00188. The molecular formula is C31H33BIN4OS. The summed E-state index contributed by atoms with van der Waals surface area (Å²) in [5, 5.41) is 3.83. The molecular weight excluding hydrogens is 614 g/mol. The number of anilines is 1. The zero-order chi connectivity index (χ0) is 26.7. The molecule has 0 atom stereocenters. The number of para-hydroxylation sites is 1. The zero-order valence-electron chi connectivity index (χ0n) is 22.2. The number of nitrogens with zero attached hydrogens (tertiary/aromatic N) is 3. The lowest BCUT2D eigenvalue weighted by Gasteiger charge is -2.46. The van der Waals surface area contributed by atoms with Crippen molar-refractivity contribution in [3.63, 3.8) is 0 Å². The van der Waals surface area contributed by atoms with Crippen LogP contribution in [0.2, 0.25) is 10.6 Å². The van der Waals surface area contributed by atoms with Gasteiger partial charge in [-0.05, 0) is 72.2 Å². The molecule has 0 spiro atoms. The normalized spacial score (nSPS) is 23.6. The SMILES string of the molecule is O=C(Nc1ccccc1-c1nc2cc(I)cnc2s1)C12[B]C(Cc3ccccn3)(CCCCC1)CCCCC2. The van der Waals surface area contributed by atoms with E-state index in [-0.39, 0.29) is 11.2 Å². The van der Waals surface area contributed by atoms with Gasteiger partial charge in [0.05, 0.1) is 5.69 Å². The molecule has 39 heavy (non-hydrogen) atoms. The van der Waals surface area contributed by atoms with Crippen molar-refractivity contribution in [2.45, 2.75) is 81.3 Å². The first-order chi connectivity index (χ1) is 19.0. The third-order valence-electron chi connectivity index (χ3n) is 8.51. The number of benzene rings is 1. The summed E-state index contributed by atoms with van der Waals surface area (Å²) >= 11 is 3.84. The number of halogens is 1. The van der Waals surface area contributed by atoms with E-state index in [0.717, 1.165) is 80.8 Å². The van der Waals surface area contributed by atoms with Crippen LogP contribution in [0, 0.1) is 3.57 Å². The van der Waals surface area contributed by atoms with E-state index in [1.54, 1.807) is 11.3 Å². The number of pyridine rings is 2. The van der Waals surface area contributed by atoms with Gasteiger partial charge in [-0.25, -0.2) is 9.97 Å². The topological polar surface area (TPSA) is 67.8 Å². The van der Waals surface area contributed by atoms with Crippen LogP contribution in [0.3, 0.4) is 0 Å². The van der Waals surface area contributed by atoms with Crippen LogP contribution in [-0.2, 0) is 11.2 Å². The Morgan fingerprint density at radius 3 is 2.46 bits per heavy atom. The summed E-state index contributed by atoms with van der Waals surface area (Å²) in [6, 6.07) is 16.4. The van der Waals surface area contributed by atoms with Gasteiger partial charge in [-0.15, -0.1) is 0 Å². The maximum atomic E-state index is 14.4. The van der Waals surface area contributed by atoms with Gasteiger partial charge < -0.3 is 5.32 Å². The van der Waals surface area contributed by atoms with Crippen molar-refractivity contribution >= 4 is 63.1 Å². The number of thiazole rings is 1. The van der Waals surface area contributed by atoms with Crippen molar-refractivity contribution in [2.24, 2.45) is 0 Å². The van der Waals surface area contributed by atoms with Crippen LogP contribution in [0.5, 0.6) is 0 Å². The molecule has 5 nitrogen and oxygen atoms in total. The van der Waals surface area contributed by atoms with Crippen molar-refractivity contribution in [3.05, 3.63) is 70.2 Å². The monoisotopic (exact) mass is 647 g/mol. The maximum Gasteiger partial charge on any atom is 0.222 e. The summed E-state index contributed by atoms with van der Waals surface area (Å²) in [7, 11) is 2.51. The smallest absolute Gasteiger partial charge is 0.222 e. The van der Waals surface area contributed by atoms with Gasteiger partial charge in [0.2, 0.25) is 5.91 Å². The molecule has 8 heteroatoms. The minimum atomic E-state index is -0.478. The van der Waals surface area contributed by atoms with Crippen LogP contribution in [-0.4, -0.2) is 28.1 Å². The predicted octanol–water partition coefficient (Wildman–Crippen LogP) is 8.49. The molecule has 3 aromatic heterocycles. The highest BCUT2D eigenvalue weighted by atomic mass is 127. The van der Waals surface area contributed by atoms with E-state index in [9.17, 15) is 4.79 Å². The summed E-state index contributed by atoms with van der Waals surface area (Å²) in [6.45, 7) is 0. The number of aromatic nitrogens is 3. The number of rotatable bonds is 5. The molecule has 0 saturated carbocycles. The number of hydrogen-bond donors (Lipinski definition) is 1. The van der Waals surface area contributed by atoms with Crippen LogP contribution in [0.4, 0.5) is 5.69 Å². The molecule has 0 unspecified atom stereocenters. The van der Waals surface area contributed by atoms with Gasteiger partial charge in [0.15, 0.2) is 0 Å². The molecule has 2 fully saturated rings. The largest absolute Gasteiger partial charge is 0.326 e. The number of nitrogens with one attached hydrogen (secondary N) is 1. The molecule has 199 valence electrons. The predicted molar refractivity (Wildman–Crippen MR) is 169 cm³/mol. The molecule has 2 aliphatic rings. The van der Waals surface area contributed by atoms with Crippen molar-refractivity contribution in [1.82, 2.24) is 15.0 Å². The Bertz CT molecular complexity index is 1450. The fraction of sp³-hybridized carbons (Fsp3) is 0.419. The molecule has 2 saturated heterocycles. The number of hydrogen-bond acceptors (Lipinski definition) is 5. The Morgan fingerprint density at radius 1 is 0.949 bits per heavy atom. The first kappa shape index (κ1) is 26.9. The van der Waals surface area contributed by atoms with E-state index >= 15 is 0 Å². The molecule has 5 heterocycles. The van der Waals surface area contributed by atoms with Crippen LogP contribution >= 0.6 is 33.9 Å². The van der Waals surface area contributed by atoms with Gasteiger partial charge in [-0.3, -0.25) is 9.78 Å². The van der Waals surface area contributed by atoms with Gasteiger partial charge in [-0.1, -0.05) is 86.2 Å². The zero-order valence-corrected chi connectivity index (χ0v) is 25.1. The second kappa shape index (κ2) is 11.7. The Kier molecular flexibility index (Phi) is 8.03. The molecule has 1 amide bonds. The fourth-order valence-corrected chi connectivity index (χ4v) is 8.00. The lowest BCUT2D eigenvalue weighted by atomic mass is 9.32. The van der Waals surface area contributed by atoms with E-state index in [1.165, 1.54) is 25.7 Å². The van der Waals surface area contributed by atoms with E-state index in [0.29, 0.717) is 0 Å². The average molecular weight is 647 g/mol. The molecule has 1 radical (unpaired) electrons. The molecule has 4 aromatic rings. The highest BCUT2D eigenvalue weighted by Crippen LogP contribution is 2.55. The third kappa shape index (κ3) is 5.92. The van der Waals surface area contributed by atoms with Crippen LogP contribution in [0.1, 0.15) is 69.9 Å². The lowest BCUT2D eigenvalue weighted by molar-refractivity contribution is -0.119. The summed E-state index contributed by atoms with van der Waals surface area (Å²) in [5.41, 5.74) is 3.82. The fourth-order valence-electron chi connectivity index (χ4n) is 6.64. The average Bonchev–Trinajstić information content (AvgIpc) is 3.33. The molecule has 2 aliphatic heterocycles. The Morgan fingerprint density at radius 2 is 1.69 bits per heavy atom. The van der Waals surface area contributed by atoms with E-state index in [2.05, 4.69) is 64.4 Å². The van der Waals surface area contributed by atoms with Crippen molar-refractivity contribution in [1.29, 1.82) is 0 Å². The first-order valence-corrected chi connectivity index (χ1v) is 16.0. The Labute approximate surface area is 249 Å². The standard InChI is InChI=1S/C31H33BIN4OS/c33-22-19-26-28(35-21-22)39-27(36-26)24-12-3-4-13-25(24)37-29(38)31-16-8-1-6-14-30(32-31,15-7-2-9-17-31)20-23-11-5-10-18-34-23/h3-5,10-13,18-19,21H,1-2,6-9,14-17,20H2,(H,37,38). The van der Waals surface area contributed by atoms with Gasteiger partial charge in [0.25, 0.3) is 0 Å². The quantitative estimate of drug-likeness (QED) is 0.174. The van der Waals surface area contributed by atoms with E-state index in [4.69, 9.17) is 9.97 Å². The highest BCUT2D eigenvalue weighted by Gasteiger charge is 2.48. The van der Waals surface area contributed by atoms with Gasteiger partial charge >= 0.3 is 0 Å². The molecule has 0 aliphatic carbocycles. The van der Waals surface area contributed by atoms with Gasteiger partial charge in [-0.2, -0.15) is 0 Å². The van der Waals surface area contributed by atoms with Crippen molar-refractivity contribution in [2.75, 3.05) is 5.32 Å². The molecule has 1 N–H and O–H groups in total. The summed E-state index contributed by atoms with van der Waals surface area (Å²) < 4.78 is 1.07. The van der Waals surface area contributed by atoms with Crippen LogP contribution < -0.4 is 5.32 Å². The summed E-state index contributed by atoms with van der Waals surface area (Å²) in [6.07, 6.45) is 15.7. The number of amides is 1. The van der Waals surface area contributed by atoms with Crippen LogP contribution in [0.25, 0.3) is 20.9 Å². The second-order valence-corrected chi connectivity index (χ2v) is 13.5. The molecule has 2 bridgehead atoms. The maximum absolute atomic E-state index is 14.4. The summed E-state index contributed by atoms with van der Waals surface area (Å²) in [5.74, 6) is 0.137. The van der Waals surface area contributed by atoms with Gasteiger partial charge in [0, 0.05) is 32.5 Å². The summed E-state index contributed by atoms with van der Waals surface area (Å²) in [4.78, 5) is 29.5.